The summed E-state index contributed by atoms with van der Waals surface area (Å²) < 4.78 is 42.5. The maximum atomic E-state index is 12.6. The van der Waals surface area contributed by atoms with Gasteiger partial charge in [0.15, 0.2) is 0 Å². The average molecular weight is 249 g/mol. The number of anilines is 1. The molecule has 0 aromatic carbocycles. The second-order valence-electron chi connectivity index (χ2n) is 3.55. The molecule has 0 radical (unpaired) electrons. The van der Waals surface area contributed by atoms with Crippen LogP contribution >= 0.6 is 0 Å². The molecule has 1 atom stereocenters. The number of carbonyl (C=O) groups is 2. The van der Waals surface area contributed by atoms with Gasteiger partial charge in [-0.25, -0.2) is 4.79 Å². The summed E-state index contributed by atoms with van der Waals surface area (Å²) in [5.41, 5.74) is -0.352. The Kier molecular flexibility index (Phi) is 2.37. The summed E-state index contributed by atoms with van der Waals surface area (Å²) in [6.45, 7) is 0. The highest BCUT2D eigenvalue weighted by Gasteiger charge is 2.47. The number of aromatic carboxylic acids is 1. The van der Waals surface area contributed by atoms with E-state index in [0.717, 1.165) is 6.07 Å². The third-order valence-corrected chi connectivity index (χ3v) is 2.38. The van der Waals surface area contributed by atoms with Crippen LogP contribution in [0.5, 0.6) is 0 Å². The molecule has 2 heterocycles. The van der Waals surface area contributed by atoms with E-state index in [1.807, 2.05) is 0 Å². The standard InChI is InChI=1S/C9H6F3NO4/c10-9(11,12)4-2-6(14)13-7-3(4)1-5(17-7)8(15)16/h1,4H,2H2,(H,13,14)(H,15,16). The molecule has 1 unspecified atom stereocenters. The van der Waals surface area contributed by atoms with Crippen LogP contribution in [-0.4, -0.2) is 23.2 Å². The molecule has 92 valence electrons. The topological polar surface area (TPSA) is 79.5 Å². The quantitative estimate of drug-likeness (QED) is 0.797. The molecule has 2 N–H and O–H groups in total. The molecule has 17 heavy (non-hydrogen) atoms. The number of alkyl halides is 3. The van der Waals surface area contributed by atoms with Crippen molar-refractivity contribution in [3.05, 3.63) is 17.4 Å². The van der Waals surface area contributed by atoms with Crippen molar-refractivity contribution in [3.63, 3.8) is 0 Å². The fraction of sp³-hybridized carbons (Fsp3) is 0.333. The number of rotatable bonds is 1. The fourth-order valence-corrected chi connectivity index (χ4v) is 1.63. The van der Waals surface area contributed by atoms with Gasteiger partial charge in [0.2, 0.25) is 17.6 Å². The number of hydrogen-bond acceptors (Lipinski definition) is 3. The summed E-state index contributed by atoms with van der Waals surface area (Å²) in [6.07, 6.45) is -5.39. The summed E-state index contributed by atoms with van der Waals surface area (Å²) in [4.78, 5) is 21.6. The molecular weight excluding hydrogens is 243 g/mol. The molecule has 1 aliphatic heterocycles. The Morgan fingerprint density at radius 3 is 2.71 bits per heavy atom. The van der Waals surface area contributed by atoms with E-state index in [-0.39, 0.29) is 5.56 Å². The fourth-order valence-electron chi connectivity index (χ4n) is 1.63. The second kappa shape index (κ2) is 3.51. The molecule has 1 aromatic heterocycles. The number of furan rings is 1. The first-order chi connectivity index (χ1) is 7.79. The largest absolute Gasteiger partial charge is 0.475 e. The summed E-state index contributed by atoms with van der Waals surface area (Å²) in [7, 11) is 0. The molecule has 8 heteroatoms. The smallest absolute Gasteiger partial charge is 0.396 e. The number of nitrogens with one attached hydrogen (secondary N) is 1. The number of carboxylic acids is 1. The van der Waals surface area contributed by atoms with Crippen LogP contribution in [0.4, 0.5) is 19.1 Å². The molecule has 5 nitrogen and oxygen atoms in total. The minimum Gasteiger partial charge on any atom is -0.475 e. The zero-order valence-corrected chi connectivity index (χ0v) is 8.17. The van der Waals surface area contributed by atoms with Crippen LogP contribution < -0.4 is 5.32 Å². The predicted molar refractivity (Wildman–Crippen MR) is 47.7 cm³/mol. The van der Waals surface area contributed by atoms with Gasteiger partial charge in [-0.05, 0) is 6.07 Å². The number of carbonyl (C=O) groups excluding carboxylic acids is 1. The summed E-state index contributed by atoms with van der Waals surface area (Å²) >= 11 is 0. The van der Waals surface area contributed by atoms with Gasteiger partial charge >= 0.3 is 12.1 Å². The zero-order chi connectivity index (χ0) is 12.8. The average Bonchev–Trinajstić information content (AvgIpc) is 2.58. The van der Waals surface area contributed by atoms with Crippen molar-refractivity contribution in [2.24, 2.45) is 0 Å². The van der Waals surface area contributed by atoms with Crippen LogP contribution in [0.3, 0.4) is 0 Å². The van der Waals surface area contributed by atoms with Gasteiger partial charge in [-0.3, -0.25) is 10.1 Å². The summed E-state index contributed by atoms with van der Waals surface area (Å²) in [5, 5.41) is 10.7. The first-order valence-corrected chi connectivity index (χ1v) is 4.52. The lowest BCUT2D eigenvalue weighted by atomic mass is 9.93. The zero-order valence-electron chi connectivity index (χ0n) is 8.17. The van der Waals surface area contributed by atoms with Gasteiger partial charge in [0, 0.05) is 12.0 Å². The van der Waals surface area contributed by atoms with Crippen LogP contribution in [-0.2, 0) is 4.79 Å². The van der Waals surface area contributed by atoms with Crippen LogP contribution in [0.2, 0.25) is 0 Å². The lowest BCUT2D eigenvalue weighted by molar-refractivity contribution is -0.156. The molecule has 1 aromatic rings. The highest BCUT2D eigenvalue weighted by atomic mass is 19.4. The lowest BCUT2D eigenvalue weighted by Gasteiger charge is -2.23. The third kappa shape index (κ3) is 1.97. The van der Waals surface area contributed by atoms with Crippen LogP contribution in [0, 0.1) is 0 Å². The van der Waals surface area contributed by atoms with Crippen LogP contribution in [0.1, 0.15) is 28.5 Å². The van der Waals surface area contributed by atoms with Crippen molar-refractivity contribution in [2.75, 3.05) is 5.32 Å². The van der Waals surface area contributed by atoms with Crippen molar-refractivity contribution in [3.8, 4) is 0 Å². The molecule has 0 bridgehead atoms. The highest BCUT2D eigenvalue weighted by molar-refractivity contribution is 5.95. The Morgan fingerprint density at radius 1 is 1.53 bits per heavy atom. The second-order valence-corrected chi connectivity index (χ2v) is 3.55. The lowest BCUT2D eigenvalue weighted by Crippen LogP contribution is -2.30. The monoisotopic (exact) mass is 249 g/mol. The van der Waals surface area contributed by atoms with Gasteiger partial charge < -0.3 is 9.52 Å². The van der Waals surface area contributed by atoms with E-state index >= 15 is 0 Å². The summed E-state index contributed by atoms with van der Waals surface area (Å²) in [5.74, 6) is -5.45. The molecule has 2 rings (SSSR count). The van der Waals surface area contributed by atoms with E-state index in [9.17, 15) is 22.8 Å². The van der Waals surface area contributed by atoms with Crippen LogP contribution in [0.15, 0.2) is 10.5 Å². The van der Waals surface area contributed by atoms with E-state index in [1.165, 1.54) is 0 Å². The van der Waals surface area contributed by atoms with Gasteiger partial charge in [0.1, 0.15) is 0 Å². The van der Waals surface area contributed by atoms with E-state index in [0.29, 0.717) is 0 Å². The molecule has 0 saturated heterocycles. The molecule has 0 fully saturated rings. The predicted octanol–water partition coefficient (Wildman–Crippen LogP) is 1.97. The molecule has 1 amide bonds. The number of fused-ring (bicyclic) bond motifs is 1. The van der Waals surface area contributed by atoms with Gasteiger partial charge in [0.25, 0.3) is 0 Å². The number of hydrogen-bond donors (Lipinski definition) is 2. The third-order valence-electron chi connectivity index (χ3n) is 2.38. The maximum absolute atomic E-state index is 12.6. The van der Waals surface area contributed by atoms with E-state index < -0.39 is 42.0 Å². The van der Waals surface area contributed by atoms with Crippen molar-refractivity contribution in [1.29, 1.82) is 0 Å². The highest BCUT2D eigenvalue weighted by Crippen LogP contribution is 2.44. The minimum atomic E-state index is -4.62. The van der Waals surface area contributed by atoms with Gasteiger partial charge in [0.05, 0.1) is 5.92 Å². The van der Waals surface area contributed by atoms with Gasteiger partial charge in [-0.15, -0.1) is 0 Å². The van der Waals surface area contributed by atoms with Gasteiger partial charge in [-0.1, -0.05) is 0 Å². The molecule has 1 aliphatic rings. The Labute approximate surface area is 92.2 Å². The number of amides is 1. The van der Waals surface area contributed by atoms with Crippen molar-refractivity contribution >= 4 is 17.8 Å². The molecular formula is C9H6F3NO4. The Bertz CT molecular complexity index is 491. The van der Waals surface area contributed by atoms with Crippen molar-refractivity contribution in [1.82, 2.24) is 0 Å². The Morgan fingerprint density at radius 2 is 2.18 bits per heavy atom. The van der Waals surface area contributed by atoms with Crippen molar-refractivity contribution in [2.45, 2.75) is 18.5 Å². The number of carboxylic acid groups (broad SMARTS) is 1. The molecule has 0 spiro atoms. The van der Waals surface area contributed by atoms with E-state index in [2.05, 4.69) is 9.73 Å². The van der Waals surface area contributed by atoms with Crippen molar-refractivity contribution < 1.29 is 32.3 Å². The number of halogens is 3. The Balaban J connectivity index is 2.49. The molecule has 0 saturated carbocycles. The minimum absolute atomic E-state index is 0.352. The SMILES string of the molecule is O=C1CC(C(F)(F)F)c2cc(C(=O)O)oc2N1. The van der Waals surface area contributed by atoms with Crippen LogP contribution in [0.25, 0.3) is 0 Å². The normalized spacial score (nSPS) is 19.7. The first-order valence-electron chi connectivity index (χ1n) is 4.52. The van der Waals surface area contributed by atoms with E-state index in [4.69, 9.17) is 5.11 Å². The molecule has 0 aliphatic carbocycles. The maximum Gasteiger partial charge on any atom is 0.396 e. The Hall–Kier alpha value is -1.99. The first kappa shape index (κ1) is 11.5. The van der Waals surface area contributed by atoms with Gasteiger partial charge in [-0.2, -0.15) is 13.2 Å². The summed E-state index contributed by atoms with van der Waals surface area (Å²) in [6, 6.07) is 0.787. The van der Waals surface area contributed by atoms with E-state index in [1.54, 1.807) is 0 Å².